The van der Waals surface area contributed by atoms with E-state index in [9.17, 15) is 4.79 Å². The first-order valence-electron chi connectivity index (χ1n) is 8.65. The van der Waals surface area contributed by atoms with E-state index in [-0.39, 0.29) is 5.91 Å². The Kier molecular flexibility index (Phi) is 5.85. The molecule has 24 heavy (non-hydrogen) atoms. The van der Waals surface area contributed by atoms with Crippen LogP contribution in [-0.2, 0) is 0 Å². The Morgan fingerprint density at radius 1 is 0.958 bits per heavy atom. The summed E-state index contributed by atoms with van der Waals surface area (Å²) in [6.07, 6.45) is 3.87. The number of hydrogen-bond donors (Lipinski definition) is 1. The standard InChI is InChI=1S/C20H24N2O2/c23-20(21-12-15-22-13-5-2-6-14-22)17-8-7-11-19(16-17)24-18-9-3-1-4-10-18/h1,3-4,7-11,16H,2,5-6,12-15H2,(H,21,23). The molecule has 4 nitrogen and oxygen atoms in total. The van der Waals surface area contributed by atoms with Crippen molar-refractivity contribution in [3.63, 3.8) is 0 Å². The van der Waals surface area contributed by atoms with Crippen LogP contribution >= 0.6 is 0 Å². The summed E-state index contributed by atoms with van der Waals surface area (Å²) in [7, 11) is 0. The Balaban J connectivity index is 1.52. The Hall–Kier alpha value is -2.33. The minimum absolute atomic E-state index is 0.0504. The van der Waals surface area contributed by atoms with E-state index in [1.165, 1.54) is 19.3 Å². The van der Waals surface area contributed by atoms with Crippen LogP contribution in [0.25, 0.3) is 0 Å². The van der Waals surface area contributed by atoms with Crippen molar-refractivity contribution in [2.45, 2.75) is 19.3 Å². The van der Waals surface area contributed by atoms with E-state index in [1.54, 1.807) is 6.07 Å². The van der Waals surface area contributed by atoms with E-state index in [4.69, 9.17) is 4.74 Å². The number of likely N-dealkylation sites (tertiary alicyclic amines) is 1. The maximum absolute atomic E-state index is 12.3. The van der Waals surface area contributed by atoms with Gasteiger partial charge in [0.05, 0.1) is 0 Å². The van der Waals surface area contributed by atoms with Crippen molar-refractivity contribution in [2.24, 2.45) is 0 Å². The van der Waals surface area contributed by atoms with Crippen LogP contribution in [0.15, 0.2) is 54.6 Å². The minimum atomic E-state index is -0.0504. The van der Waals surface area contributed by atoms with Crippen LogP contribution in [0.3, 0.4) is 0 Å². The van der Waals surface area contributed by atoms with Gasteiger partial charge < -0.3 is 15.0 Å². The Bertz CT molecular complexity index is 652. The zero-order valence-corrected chi connectivity index (χ0v) is 13.9. The van der Waals surface area contributed by atoms with E-state index in [1.807, 2.05) is 48.5 Å². The summed E-state index contributed by atoms with van der Waals surface area (Å²) < 4.78 is 5.78. The number of nitrogens with zero attached hydrogens (tertiary/aromatic N) is 1. The highest BCUT2D eigenvalue weighted by molar-refractivity contribution is 5.94. The summed E-state index contributed by atoms with van der Waals surface area (Å²) in [5, 5.41) is 3.00. The highest BCUT2D eigenvalue weighted by Crippen LogP contribution is 2.21. The van der Waals surface area contributed by atoms with Gasteiger partial charge in [0, 0.05) is 18.7 Å². The van der Waals surface area contributed by atoms with Gasteiger partial charge in [-0.2, -0.15) is 0 Å². The van der Waals surface area contributed by atoms with Gasteiger partial charge in [-0.15, -0.1) is 0 Å². The van der Waals surface area contributed by atoms with Gasteiger partial charge in [0.25, 0.3) is 5.91 Å². The lowest BCUT2D eigenvalue weighted by Gasteiger charge is -2.26. The molecule has 1 N–H and O–H groups in total. The van der Waals surface area contributed by atoms with E-state index >= 15 is 0 Å². The smallest absolute Gasteiger partial charge is 0.251 e. The minimum Gasteiger partial charge on any atom is -0.457 e. The number of ether oxygens (including phenoxy) is 1. The van der Waals surface area contributed by atoms with Crippen LogP contribution in [0.5, 0.6) is 11.5 Å². The van der Waals surface area contributed by atoms with Crippen molar-refractivity contribution in [1.29, 1.82) is 0 Å². The van der Waals surface area contributed by atoms with Gasteiger partial charge in [0.2, 0.25) is 0 Å². The lowest BCUT2D eigenvalue weighted by molar-refractivity contribution is 0.0946. The zero-order valence-electron chi connectivity index (χ0n) is 13.9. The van der Waals surface area contributed by atoms with Crippen LogP contribution in [0.2, 0.25) is 0 Å². The van der Waals surface area contributed by atoms with E-state index < -0.39 is 0 Å². The first-order chi connectivity index (χ1) is 11.8. The normalized spacial score (nSPS) is 15.0. The molecule has 0 atom stereocenters. The van der Waals surface area contributed by atoms with Crippen LogP contribution in [-0.4, -0.2) is 37.0 Å². The SMILES string of the molecule is O=C(NCCN1CCCCC1)c1cccc(Oc2ccccc2)c1. The van der Waals surface area contributed by atoms with Crippen molar-refractivity contribution < 1.29 is 9.53 Å². The second kappa shape index (κ2) is 8.50. The molecular formula is C20H24N2O2. The fourth-order valence-electron chi connectivity index (χ4n) is 2.94. The molecule has 1 amide bonds. The predicted octanol–water partition coefficient (Wildman–Crippen LogP) is 3.69. The summed E-state index contributed by atoms with van der Waals surface area (Å²) in [6.45, 7) is 3.90. The Labute approximate surface area is 143 Å². The number of amides is 1. The van der Waals surface area contributed by atoms with Gasteiger partial charge in [0.15, 0.2) is 0 Å². The second-order valence-electron chi connectivity index (χ2n) is 6.10. The van der Waals surface area contributed by atoms with Crippen molar-refractivity contribution in [1.82, 2.24) is 10.2 Å². The number of benzene rings is 2. The fourth-order valence-corrected chi connectivity index (χ4v) is 2.94. The largest absolute Gasteiger partial charge is 0.457 e. The quantitative estimate of drug-likeness (QED) is 0.881. The fraction of sp³-hybridized carbons (Fsp3) is 0.350. The van der Waals surface area contributed by atoms with Gasteiger partial charge >= 0.3 is 0 Å². The molecule has 0 spiro atoms. The summed E-state index contributed by atoms with van der Waals surface area (Å²) in [6, 6.07) is 16.9. The van der Waals surface area contributed by atoms with Crippen LogP contribution in [0, 0.1) is 0 Å². The molecule has 2 aromatic rings. The number of para-hydroxylation sites is 1. The molecule has 0 aromatic heterocycles. The van der Waals surface area contributed by atoms with Gasteiger partial charge in [-0.1, -0.05) is 30.7 Å². The van der Waals surface area contributed by atoms with E-state index in [0.717, 1.165) is 25.4 Å². The van der Waals surface area contributed by atoms with E-state index in [0.29, 0.717) is 17.9 Å². The van der Waals surface area contributed by atoms with Gasteiger partial charge in [-0.25, -0.2) is 0 Å². The summed E-state index contributed by atoms with van der Waals surface area (Å²) in [5.74, 6) is 1.38. The van der Waals surface area contributed by atoms with Gasteiger partial charge in [-0.3, -0.25) is 4.79 Å². The highest BCUT2D eigenvalue weighted by atomic mass is 16.5. The number of carbonyl (C=O) groups is 1. The third-order valence-electron chi connectivity index (χ3n) is 4.24. The van der Waals surface area contributed by atoms with Crippen molar-refractivity contribution in [3.05, 3.63) is 60.2 Å². The molecule has 0 bridgehead atoms. The highest BCUT2D eigenvalue weighted by Gasteiger charge is 2.11. The average Bonchev–Trinajstić information content (AvgIpc) is 2.64. The van der Waals surface area contributed by atoms with Gasteiger partial charge in [-0.05, 0) is 56.3 Å². The van der Waals surface area contributed by atoms with Crippen molar-refractivity contribution >= 4 is 5.91 Å². The maximum atomic E-state index is 12.3. The molecule has 2 aromatic carbocycles. The molecule has 0 unspecified atom stereocenters. The van der Waals surface area contributed by atoms with Crippen molar-refractivity contribution in [3.8, 4) is 11.5 Å². The number of rotatable bonds is 6. The lowest BCUT2D eigenvalue weighted by atomic mass is 10.1. The molecule has 126 valence electrons. The number of nitrogens with one attached hydrogen (secondary N) is 1. The number of carbonyl (C=O) groups excluding carboxylic acids is 1. The summed E-state index contributed by atoms with van der Waals surface area (Å²) in [4.78, 5) is 14.7. The zero-order chi connectivity index (χ0) is 16.6. The maximum Gasteiger partial charge on any atom is 0.251 e. The molecule has 1 aliphatic heterocycles. The van der Waals surface area contributed by atoms with E-state index in [2.05, 4.69) is 10.2 Å². The van der Waals surface area contributed by atoms with Crippen LogP contribution in [0.4, 0.5) is 0 Å². The third kappa shape index (κ3) is 4.83. The number of hydrogen-bond acceptors (Lipinski definition) is 3. The molecule has 1 heterocycles. The van der Waals surface area contributed by atoms with Crippen LogP contribution < -0.4 is 10.1 Å². The molecule has 0 saturated carbocycles. The molecule has 0 aliphatic carbocycles. The third-order valence-corrected chi connectivity index (χ3v) is 4.24. The molecule has 1 fully saturated rings. The first-order valence-corrected chi connectivity index (χ1v) is 8.65. The Morgan fingerprint density at radius 2 is 1.71 bits per heavy atom. The molecule has 3 rings (SSSR count). The van der Waals surface area contributed by atoms with Crippen LogP contribution in [0.1, 0.15) is 29.6 Å². The predicted molar refractivity (Wildman–Crippen MR) is 95.6 cm³/mol. The Morgan fingerprint density at radius 3 is 2.50 bits per heavy atom. The monoisotopic (exact) mass is 324 g/mol. The lowest BCUT2D eigenvalue weighted by Crippen LogP contribution is -2.37. The molecule has 1 saturated heterocycles. The number of piperidine rings is 1. The summed E-state index contributed by atoms with van der Waals surface area (Å²) >= 11 is 0. The van der Waals surface area contributed by atoms with Gasteiger partial charge in [0.1, 0.15) is 11.5 Å². The average molecular weight is 324 g/mol. The molecule has 4 heteroatoms. The molecular weight excluding hydrogens is 300 g/mol. The second-order valence-corrected chi connectivity index (χ2v) is 6.10. The van der Waals surface area contributed by atoms with Crippen molar-refractivity contribution in [2.75, 3.05) is 26.2 Å². The summed E-state index contributed by atoms with van der Waals surface area (Å²) in [5.41, 5.74) is 0.627. The molecule has 1 aliphatic rings. The first kappa shape index (κ1) is 16.5. The topological polar surface area (TPSA) is 41.6 Å². The molecule has 0 radical (unpaired) electrons.